The molecule has 0 radical (unpaired) electrons. The maximum Gasteiger partial charge on any atom is 0.0940 e. The maximum atomic E-state index is 4.51. The molecule has 0 spiro atoms. The first kappa shape index (κ1) is 12.0. The van der Waals surface area contributed by atoms with Gasteiger partial charge in [0.1, 0.15) is 0 Å². The molecule has 2 rings (SSSR count). The molecule has 1 fully saturated rings. The molecule has 16 heavy (non-hydrogen) atoms. The molecule has 0 unspecified atom stereocenters. The van der Waals surface area contributed by atoms with Gasteiger partial charge in [-0.25, -0.2) is 4.98 Å². The van der Waals surface area contributed by atoms with E-state index in [0.717, 1.165) is 18.2 Å². The summed E-state index contributed by atoms with van der Waals surface area (Å²) in [7, 11) is 2.07. The number of hydrogen-bond donors (Lipinski definition) is 1. The van der Waals surface area contributed by atoms with Crippen molar-refractivity contribution in [2.75, 3.05) is 26.7 Å². The van der Waals surface area contributed by atoms with Gasteiger partial charge in [-0.15, -0.1) is 11.3 Å². The molecule has 1 saturated heterocycles. The molecule has 1 aromatic rings. The zero-order valence-electron chi connectivity index (χ0n) is 10.2. The molecule has 0 aromatic carbocycles. The third-order valence-corrected chi connectivity index (χ3v) is 4.33. The van der Waals surface area contributed by atoms with Crippen LogP contribution in [0, 0.1) is 6.92 Å². The average Bonchev–Trinajstić information content (AvgIpc) is 2.73. The summed E-state index contributed by atoms with van der Waals surface area (Å²) in [4.78, 5) is 7.07. The van der Waals surface area contributed by atoms with Crippen LogP contribution in [0.3, 0.4) is 0 Å². The van der Waals surface area contributed by atoms with Crippen LogP contribution < -0.4 is 5.32 Å². The summed E-state index contributed by atoms with van der Waals surface area (Å²) in [6, 6.07) is 0.735. The van der Waals surface area contributed by atoms with Gasteiger partial charge < -0.3 is 10.2 Å². The summed E-state index contributed by atoms with van der Waals surface area (Å²) < 4.78 is 0. The van der Waals surface area contributed by atoms with E-state index in [-0.39, 0.29) is 0 Å². The number of aromatic nitrogens is 1. The van der Waals surface area contributed by atoms with Crippen LogP contribution in [-0.2, 0) is 6.42 Å². The number of thiazole rings is 1. The Morgan fingerprint density at radius 2 is 2.25 bits per heavy atom. The van der Waals surface area contributed by atoms with Crippen LogP contribution in [0.1, 0.15) is 23.5 Å². The molecular weight excluding hydrogens is 218 g/mol. The van der Waals surface area contributed by atoms with Crippen LogP contribution >= 0.6 is 11.3 Å². The van der Waals surface area contributed by atoms with E-state index in [0.29, 0.717) is 0 Å². The van der Waals surface area contributed by atoms with Crippen LogP contribution in [0.5, 0.6) is 0 Å². The molecule has 1 aliphatic rings. The third-order valence-electron chi connectivity index (χ3n) is 3.30. The summed E-state index contributed by atoms with van der Waals surface area (Å²) in [6.45, 7) is 5.70. The molecule has 1 aliphatic heterocycles. The van der Waals surface area contributed by atoms with Gasteiger partial charge in [-0.05, 0) is 39.9 Å². The predicted molar refractivity (Wildman–Crippen MR) is 69.1 cm³/mol. The van der Waals surface area contributed by atoms with E-state index in [9.17, 15) is 0 Å². The SMILES string of the molecule is CNC1CCN(CCc2nc(C)cs2)CC1. The fourth-order valence-corrected chi connectivity index (χ4v) is 2.98. The Hall–Kier alpha value is -0.450. The number of nitrogens with one attached hydrogen (secondary N) is 1. The number of rotatable bonds is 4. The standard InChI is InChI=1S/C12H21N3S/c1-10-9-16-12(14-10)5-8-15-6-3-11(13-2)4-7-15/h9,11,13H,3-8H2,1-2H3. The highest BCUT2D eigenvalue weighted by atomic mass is 32.1. The summed E-state index contributed by atoms with van der Waals surface area (Å²) in [6.07, 6.45) is 3.68. The number of likely N-dealkylation sites (tertiary alicyclic amines) is 1. The summed E-state index contributed by atoms with van der Waals surface area (Å²) >= 11 is 1.79. The minimum atomic E-state index is 0.735. The highest BCUT2D eigenvalue weighted by molar-refractivity contribution is 7.09. The van der Waals surface area contributed by atoms with Crippen molar-refractivity contribution in [2.24, 2.45) is 0 Å². The van der Waals surface area contributed by atoms with Crippen molar-refractivity contribution in [3.05, 3.63) is 16.1 Å². The van der Waals surface area contributed by atoms with Gasteiger partial charge >= 0.3 is 0 Å². The molecule has 0 atom stereocenters. The van der Waals surface area contributed by atoms with Gasteiger partial charge in [0.2, 0.25) is 0 Å². The molecule has 3 nitrogen and oxygen atoms in total. The van der Waals surface area contributed by atoms with Gasteiger partial charge in [0.15, 0.2) is 0 Å². The number of piperidine rings is 1. The van der Waals surface area contributed by atoms with Crippen molar-refractivity contribution < 1.29 is 0 Å². The average molecular weight is 239 g/mol. The van der Waals surface area contributed by atoms with E-state index in [1.807, 2.05) is 0 Å². The molecule has 0 bridgehead atoms. The molecule has 2 heterocycles. The lowest BCUT2D eigenvalue weighted by atomic mass is 10.1. The summed E-state index contributed by atoms with van der Waals surface area (Å²) in [5.41, 5.74) is 1.16. The zero-order chi connectivity index (χ0) is 11.4. The Morgan fingerprint density at radius 3 is 2.81 bits per heavy atom. The molecule has 1 N–H and O–H groups in total. The lowest BCUT2D eigenvalue weighted by Crippen LogP contribution is -2.41. The Labute approximate surface area is 102 Å². The number of hydrogen-bond acceptors (Lipinski definition) is 4. The van der Waals surface area contributed by atoms with Crippen LogP contribution in [0.4, 0.5) is 0 Å². The Bertz CT molecular complexity index is 316. The highest BCUT2D eigenvalue weighted by Gasteiger charge is 2.17. The smallest absolute Gasteiger partial charge is 0.0940 e. The van der Waals surface area contributed by atoms with Crippen molar-refractivity contribution in [1.29, 1.82) is 0 Å². The topological polar surface area (TPSA) is 28.2 Å². The van der Waals surface area contributed by atoms with Gasteiger partial charge in [0.05, 0.1) is 5.01 Å². The normalized spacial score (nSPS) is 19.1. The van der Waals surface area contributed by atoms with Crippen molar-refractivity contribution in [3.63, 3.8) is 0 Å². The first-order valence-corrected chi connectivity index (χ1v) is 6.96. The van der Waals surface area contributed by atoms with E-state index in [2.05, 4.69) is 34.6 Å². The summed E-state index contributed by atoms with van der Waals surface area (Å²) in [5.74, 6) is 0. The Balaban J connectivity index is 1.71. The van der Waals surface area contributed by atoms with Crippen molar-refractivity contribution in [1.82, 2.24) is 15.2 Å². The fourth-order valence-electron chi connectivity index (χ4n) is 2.22. The molecule has 90 valence electrons. The van der Waals surface area contributed by atoms with Gasteiger partial charge in [-0.3, -0.25) is 0 Å². The van der Waals surface area contributed by atoms with Crippen LogP contribution in [0.15, 0.2) is 5.38 Å². The third kappa shape index (κ3) is 3.27. The Morgan fingerprint density at radius 1 is 1.50 bits per heavy atom. The molecule has 4 heteroatoms. The highest BCUT2D eigenvalue weighted by Crippen LogP contribution is 2.13. The van der Waals surface area contributed by atoms with E-state index in [1.54, 1.807) is 11.3 Å². The van der Waals surface area contributed by atoms with E-state index < -0.39 is 0 Å². The number of nitrogens with zero attached hydrogens (tertiary/aromatic N) is 2. The number of aryl methyl sites for hydroxylation is 1. The fraction of sp³-hybridized carbons (Fsp3) is 0.750. The second kappa shape index (κ2) is 5.75. The maximum absolute atomic E-state index is 4.51. The van der Waals surface area contributed by atoms with E-state index >= 15 is 0 Å². The molecular formula is C12H21N3S. The lowest BCUT2D eigenvalue weighted by molar-refractivity contribution is 0.204. The Kier molecular flexibility index (Phi) is 4.32. The quantitative estimate of drug-likeness (QED) is 0.866. The van der Waals surface area contributed by atoms with Crippen LogP contribution in [-0.4, -0.2) is 42.6 Å². The van der Waals surface area contributed by atoms with Crippen molar-refractivity contribution in [2.45, 2.75) is 32.2 Å². The lowest BCUT2D eigenvalue weighted by Gasteiger charge is -2.31. The minimum Gasteiger partial charge on any atom is -0.317 e. The van der Waals surface area contributed by atoms with Gasteiger partial charge in [-0.1, -0.05) is 0 Å². The minimum absolute atomic E-state index is 0.735. The van der Waals surface area contributed by atoms with Crippen LogP contribution in [0.2, 0.25) is 0 Å². The second-order valence-corrected chi connectivity index (χ2v) is 5.48. The molecule has 1 aromatic heterocycles. The van der Waals surface area contributed by atoms with Crippen LogP contribution in [0.25, 0.3) is 0 Å². The first-order chi connectivity index (χ1) is 7.78. The predicted octanol–water partition coefficient (Wildman–Crippen LogP) is 1.68. The van der Waals surface area contributed by atoms with E-state index in [1.165, 1.54) is 37.5 Å². The van der Waals surface area contributed by atoms with Gasteiger partial charge in [-0.2, -0.15) is 0 Å². The van der Waals surface area contributed by atoms with Gasteiger partial charge in [0, 0.05) is 30.1 Å². The molecule has 0 amide bonds. The van der Waals surface area contributed by atoms with E-state index in [4.69, 9.17) is 0 Å². The first-order valence-electron chi connectivity index (χ1n) is 6.08. The van der Waals surface area contributed by atoms with Crippen molar-refractivity contribution in [3.8, 4) is 0 Å². The second-order valence-electron chi connectivity index (χ2n) is 4.54. The zero-order valence-corrected chi connectivity index (χ0v) is 11.0. The van der Waals surface area contributed by atoms with Gasteiger partial charge in [0.25, 0.3) is 0 Å². The monoisotopic (exact) mass is 239 g/mol. The molecule has 0 saturated carbocycles. The summed E-state index contributed by atoms with van der Waals surface area (Å²) in [5, 5.41) is 6.79. The largest absolute Gasteiger partial charge is 0.317 e. The van der Waals surface area contributed by atoms with Crippen molar-refractivity contribution >= 4 is 11.3 Å². The molecule has 0 aliphatic carbocycles.